The Labute approximate surface area is 148 Å². The van der Waals surface area contributed by atoms with Gasteiger partial charge < -0.3 is 18.9 Å². The maximum atomic E-state index is 5.32. The minimum absolute atomic E-state index is 0.0319. The van der Waals surface area contributed by atoms with Gasteiger partial charge in [-0.15, -0.1) is 0 Å². The summed E-state index contributed by atoms with van der Waals surface area (Å²) >= 11 is 0. The zero-order chi connectivity index (χ0) is 18.6. The van der Waals surface area contributed by atoms with E-state index in [9.17, 15) is 0 Å². The van der Waals surface area contributed by atoms with E-state index in [0.717, 1.165) is 12.8 Å². The van der Waals surface area contributed by atoms with Crippen molar-refractivity contribution in [2.75, 3.05) is 28.4 Å². The second kappa shape index (κ2) is 11.6. The van der Waals surface area contributed by atoms with Gasteiger partial charge in [-0.2, -0.15) is 0 Å². The van der Waals surface area contributed by atoms with Gasteiger partial charge in [0, 0.05) is 28.4 Å². The van der Waals surface area contributed by atoms with Crippen LogP contribution in [0.5, 0.6) is 0 Å². The van der Waals surface area contributed by atoms with E-state index in [1.165, 1.54) is 11.1 Å². The highest BCUT2D eigenvalue weighted by atomic mass is 16.5. The van der Waals surface area contributed by atoms with Crippen molar-refractivity contribution in [1.82, 2.24) is 0 Å². The van der Waals surface area contributed by atoms with Gasteiger partial charge in [-0.25, -0.2) is 0 Å². The fraction of sp³-hybridized carbons (Fsp3) is 0.700. The van der Waals surface area contributed by atoms with Crippen LogP contribution in [-0.4, -0.2) is 39.6 Å². The molecule has 0 aliphatic rings. The van der Waals surface area contributed by atoms with Crippen LogP contribution in [0.25, 0.3) is 0 Å². The van der Waals surface area contributed by atoms with Crippen LogP contribution in [-0.2, 0) is 32.2 Å². The molecule has 140 valence electrons. The average molecular weight is 341 g/mol. The highest BCUT2D eigenvalue weighted by Crippen LogP contribution is 2.23. The molecule has 0 aliphatic heterocycles. The predicted molar refractivity (Wildman–Crippen MR) is 99.3 cm³/mol. The van der Waals surface area contributed by atoms with Gasteiger partial charge >= 0.3 is 0 Å². The molecule has 1 aromatic carbocycles. The van der Waals surface area contributed by atoms with E-state index in [0.29, 0.717) is 13.2 Å². The van der Waals surface area contributed by atoms with Gasteiger partial charge in [-0.05, 0) is 51.7 Å². The van der Waals surface area contributed by atoms with Crippen molar-refractivity contribution in [1.29, 1.82) is 0 Å². The molecule has 0 N–H and O–H groups in total. The lowest BCUT2D eigenvalue weighted by Gasteiger charge is -2.29. The van der Waals surface area contributed by atoms with Crippen LogP contribution in [0, 0.1) is 0 Å². The van der Waals surface area contributed by atoms with Crippen LogP contribution in [0.4, 0.5) is 0 Å². The van der Waals surface area contributed by atoms with Gasteiger partial charge in [-0.1, -0.05) is 24.3 Å². The van der Waals surface area contributed by atoms with Crippen molar-refractivity contribution in [2.45, 2.75) is 65.0 Å². The zero-order valence-corrected chi connectivity index (χ0v) is 16.8. The molecule has 4 nitrogen and oxygen atoms in total. The van der Waals surface area contributed by atoms with Gasteiger partial charge in [0.25, 0.3) is 0 Å². The Morgan fingerprint density at radius 2 is 0.917 bits per heavy atom. The molecule has 0 aromatic heterocycles. The maximum absolute atomic E-state index is 5.32. The Morgan fingerprint density at radius 1 is 0.625 bits per heavy atom. The van der Waals surface area contributed by atoms with Crippen LogP contribution in [0.2, 0.25) is 0 Å². The average Bonchev–Trinajstić information content (AvgIpc) is 2.56. The summed E-state index contributed by atoms with van der Waals surface area (Å²) in [4.78, 5) is 0. The number of methoxy groups -OCH3 is 4. The molecule has 0 saturated carbocycles. The zero-order valence-electron chi connectivity index (χ0n) is 16.8. The van der Waals surface area contributed by atoms with Gasteiger partial charge in [0.05, 0.1) is 24.4 Å². The summed E-state index contributed by atoms with van der Waals surface area (Å²) in [6.45, 7) is 9.73. The molecule has 0 heterocycles. The monoisotopic (exact) mass is 340 g/mol. The second-order valence-electron chi connectivity index (χ2n) is 7.11. The van der Waals surface area contributed by atoms with Crippen LogP contribution in [0.1, 0.15) is 51.7 Å². The van der Waals surface area contributed by atoms with E-state index < -0.39 is 0 Å². The fourth-order valence-electron chi connectivity index (χ4n) is 1.87. The van der Waals surface area contributed by atoms with E-state index in [4.69, 9.17) is 18.9 Å². The molecule has 0 radical (unpaired) electrons. The van der Waals surface area contributed by atoms with Crippen LogP contribution in [0.15, 0.2) is 24.3 Å². The van der Waals surface area contributed by atoms with Gasteiger partial charge in [0.15, 0.2) is 0 Å². The third-order valence-corrected chi connectivity index (χ3v) is 4.08. The molecule has 24 heavy (non-hydrogen) atoms. The van der Waals surface area contributed by atoms with Crippen LogP contribution < -0.4 is 0 Å². The molecule has 0 spiro atoms. The van der Waals surface area contributed by atoms with Gasteiger partial charge in [-0.3, -0.25) is 0 Å². The molecule has 0 saturated heterocycles. The van der Waals surface area contributed by atoms with Crippen molar-refractivity contribution in [2.24, 2.45) is 0 Å². The van der Waals surface area contributed by atoms with Crippen LogP contribution >= 0.6 is 0 Å². The Balaban J connectivity index is 0.000000441. The molecular formula is C20H36O4. The smallest absolute Gasteiger partial charge is 0.0713 e. The first-order valence-electron chi connectivity index (χ1n) is 8.35. The molecule has 1 aromatic rings. The largest absolute Gasteiger partial charge is 0.380 e. The minimum Gasteiger partial charge on any atom is -0.380 e. The number of benzene rings is 1. The molecule has 4 heteroatoms. The van der Waals surface area contributed by atoms with E-state index in [2.05, 4.69) is 52.0 Å². The highest BCUT2D eigenvalue weighted by Gasteiger charge is 2.23. The first-order valence-corrected chi connectivity index (χ1v) is 8.35. The lowest BCUT2D eigenvalue weighted by atomic mass is 9.94. The minimum atomic E-state index is -0.0319. The molecule has 0 aliphatic carbocycles. The van der Waals surface area contributed by atoms with Crippen molar-refractivity contribution in [3.05, 3.63) is 35.4 Å². The van der Waals surface area contributed by atoms with Crippen LogP contribution in [0.3, 0.4) is 0 Å². The summed E-state index contributed by atoms with van der Waals surface area (Å²) in [7, 11) is 6.89. The molecule has 0 fully saturated rings. The Morgan fingerprint density at radius 3 is 1.12 bits per heavy atom. The summed E-state index contributed by atoms with van der Waals surface area (Å²) < 4.78 is 20.6. The number of ether oxygens (including phenoxy) is 4. The van der Waals surface area contributed by atoms with E-state index in [1.54, 1.807) is 28.4 Å². The number of hydrogen-bond donors (Lipinski definition) is 0. The van der Waals surface area contributed by atoms with Crippen molar-refractivity contribution in [3.63, 3.8) is 0 Å². The lowest BCUT2D eigenvalue weighted by Crippen LogP contribution is -2.29. The van der Waals surface area contributed by atoms with E-state index >= 15 is 0 Å². The van der Waals surface area contributed by atoms with E-state index in [1.807, 2.05) is 0 Å². The molecule has 0 unspecified atom stereocenters. The fourth-order valence-corrected chi connectivity index (χ4v) is 1.87. The third kappa shape index (κ3) is 10.8. The summed E-state index contributed by atoms with van der Waals surface area (Å²) in [6.07, 6.45) is 2.04. The topological polar surface area (TPSA) is 36.9 Å². The molecule has 1 rings (SSSR count). The van der Waals surface area contributed by atoms with Crippen molar-refractivity contribution < 1.29 is 18.9 Å². The first kappa shape index (κ1) is 23.1. The van der Waals surface area contributed by atoms with Gasteiger partial charge in [0.2, 0.25) is 0 Å². The summed E-state index contributed by atoms with van der Waals surface area (Å²) in [5, 5.41) is 0. The molecule has 0 bridgehead atoms. The Bertz CT molecular complexity index is 383. The standard InChI is InChI=1S/C10H14O2.C10H22O2/c1-11-7-9-3-5-10(6-4-9)8-12-2;1-9(2,11-5)7-8-10(3,4)12-6/h3-6H,7-8H2,1-2H3;7-8H2,1-6H3. The summed E-state index contributed by atoms with van der Waals surface area (Å²) in [6, 6.07) is 8.21. The van der Waals surface area contributed by atoms with Crippen molar-refractivity contribution in [3.8, 4) is 0 Å². The van der Waals surface area contributed by atoms with Crippen molar-refractivity contribution >= 4 is 0 Å². The highest BCUT2D eigenvalue weighted by molar-refractivity contribution is 5.21. The molecule has 0 atom stereocenters. The first-order chi connectivity index (χ1) is 11.2. The molecule has 0 amide bonds. The van der Waals surface area contributed by atoms with Gasteiger partial charge in [0.1, 0.15) is 0 Å². The number of hydrogen-bond acceptors (Lipinski definition) is 4. The Hall–Kier alpha value is -0.940. The van der Waals surface area contributed by atoms with E-state index in [-0.39, 0.29) is 11.2 Å². The molecular weight excluding hydrogens is 304 g/mol. The lowest BCUT2D eigenvalue weighted by molar-refractivity contribution is -0.0302. The Kier molecular flexibility index (Phi) is 11.1. The third-order valence-electron chi connectivity index (χ3n) is 4.08. The summed E-state index contributed by atoms with van der Waals surface area (Å²) in [5.74, 6) is 0. The normalized spacial score (nSPS) is 11.8. The predicted octanol–water partition coefficient (Wildman–Crippen LogP) is 4.60. The number of rotatable bonds is 9. The maximum Gasteiger partial charge on any atom is 0.0713 e. The summed E-state index contributed by atoms with van der Waals surface area (Å²) in [5.41, 5.74) is 2.32. The quantitative estimate of drug-likeness (QED) is 0.658. The SMILES string of the molecule is COC(C)(C)CCC(C)(C)OC.COCc1ccc(COC)cc1. The second-order valence-corrected chi connectivity index (χ2v) is 7.11.